The molecule has 1 unspecified atom stereocenters. The predicted molar refractivity (Wildman–Crippen MR) is 67.6 cm³/mol. The van der Waals surface area contributed by atoms with Crippen LogP contribution in [0.1, 0.15) is 59.8 Å². The van der Waals surface area contributed by atoms with E-state index in [0.717, 1.165) is 13.0 Å². The molecule has 0 aliphatic rings. The Morgan fingerprint density at radius 2 is 1.88 bits per heavy atom. The lowest BCUT2D eigenvalue weighted by Crippen LogP contribution is -2.38. The first-order valence-corrected chi connectivity index (χ1v) is 6.60. The van der Waals surface area contributed by atoms with Crippen LogP contribution in [-0.4, -0.2) is 30.2 Å². The van der Waals surface area contributed by atoms with Gasteiger partial charge in [0.1, 0.15) is 0 Å². The minimum absolute atomic E-state index is 0.173. The lowest BCUT2D eigenvalue weighted by molar-refractivity contribution is 0.0933. The maximum Gasteiger partial charge on any atom is 0.409 e. The number of ether oxygens (including phenoxy) is 1. The average Bonchev–Trinajstić information content (AvgIpc) is 2.26. The normalized spacial score (nSPS) is 12.2. The number of unbranched alkanes of at least 4 members (excludes halogenated alkanes) is 3. The monoisotopic (exact) mass is 229 g/mol. The van der Waals surface area contributed by atoms with Crippen molar-refractivity contribution < 1.29 is 9.53 Å². The molecule has 0 fully saturated rings. The lowest BCUT2D eigenvalue weighted by Gasteiger charge is -2.27. The largest absolute Gasteiger partial charge is 0.450 e. The van der Waals surface area contributed by atoms with E-state index in [1.54, 1.807) is 0 Å². The van der Waals surface area contributed by atoms with Crippen LogP contribution in [0.4, 0.5) is 4.79 Å². The van der Waals surface area contributed by atoms with Crippen molar-refractivity contribution in [3.63, 3.8) is 0 Å². The smallest absolute Gasteiger partial charge is 0.409 e. The van der Waals surface area contributed by atoms with Crippen LogP contribution in [0.3, 0.4) is 0 Å². The highest BCUT2D eigenvalue weighted by molar-refractivity contribution is 5.67. The second kappa shape index (κ2) is 9.49. The van der Waals surface area contributed by atoms with Crippen LogP contribution in [0.5, 0.6) is 0 Å². The van der Waals surface area contributed by atoms with Crippen molar-refractivity contribution in [3.8, 4) is 0 Å². The molecule has 0 radical (unpaired) electrons. The Balaban J connectivity index is 3.90. The average molecular weight is 229 g/mol. The lowest BCUT2D eigenvalue weighted by atomic mass is 10.1. The molecule has 0 rings (SSSR count). The third-order valence-electron chi connectivity index (χ3n) is 2.85. The van der Waals surface area contributed by atoms with Crippen molar-refractivity contribution in [1.29, 1.82) is 0 Å². The fourth-order valence-corrected chi connectivity index (χ4v) is 1.85. The van der Waals surface area contributed by atoms with E-state index in [4.69, 9.17) is 4.74 Å². The number of hydrogen-bond donors (Lipinski definition) is 0. The van der Waals surface area contributed by atoms with Gasteiger partial charge in [-0.1, -0.05) is 32.6 Å². The molecule has 0 spiro atoms. The van der Waals surface area contributed by atoms with Crippen LogP contribution in [0.25, 0.3) is 0 Å². The van der Waals surface area contributed by atoms with Gasteiger partial charge in [-0.25, -0.2) is 4.79 Å². The third-order valence-corrected chi connectivity index (χ3v) is 2.85. The summed E-state index contributed by atoms with van der Waals surface area (Å²) in [6, 6.07) is 0.293. The Labute approximate surface area is 100 Å². The quantitative estimate of drug-likeness (QED) is 0.592. The molecule has 0 aromatic rings. The number of amides is 1. The minimum atomic E-state index is -0.173. The van der Waals surface area contributed by atoms with Crippen molar-refractivity contribution in [2.75, 3.05) is 13.2 Å². The van der Waals surface area contributed by atoms with Crippen molar-refractivity contribution in [1.82, 2.24) is 4.90 Å². The standard InChI is InChI=1S/C13H27NO2/c1-5-8-9-10-11-12(4)14(6-2)13(15)16-7-3/h12H,5-11H2,1-4H3. The third kappa shape index (κ3) is 5.99. The summed E-state index contributed by atoms with van der Waals surface area (Å²) in [4.78, 5) is 13.4. The first kappa shape index (κ1) is 15.3. The van der Waals surface area contributed by atoms with Gasteiger partial charge < -0.3 is 9.64 Å². The molecule has 0 saturated heterocycles. The van der Waals surface area contributed by atoms with E-state index in [9.17, 15) is 4.79 Å². The van der Waals surface area contributed by atoms with Gasteiger partial charge in [0.15, 0.2) is 0 Å². The number of rotatable bonds is 8. The van der Waals surface area contributed by atoms with Crippen LogP contribution >= 0.6 is 0 Å². The summed E-state index contributed by atoms with van der Waals surface area (Å²) in [5.74, 6) is 0. The van der Waals surface area contributed by atoms with Crippen LogP contribution in [0, 0.1) is 0 Å². The van der Waals surface area contributed by atoms with Crippen LogP contribution in [-0.2, 0) is 4.74 Å². The number of carbonyl (C=O) groups excluding carboxylic acids is 1. The van der Waals surface area contributed by atoms with Gasteiger partial charge in [0.05, 0.1) is 6.61 Å². The summed E-state index contributed by atoms with van der Waals surface area (Å²) >= 11 is 0. The molecule has 1 atom stereocenters. The van der Waals surface area contributed by atoms with E-state index in [1.807, 2.05) is 18.7 Å². The fraction of sp³-hybridized carbons (Fsp3) is 0.923. The zero-order valence-corrected chi connectivity index (χ0v) is 11.3. The molecular formula is C13H27NO2. The summed E-state index contributed by atoms with van der Waals surface area (Å²) in [5.41, 5.74) is 0. The number of nitrogens with zero attached hydrogens (tertiary/aromatic N) is 1. The van der Waals surface area contributed by atoms with Crippen LogP contribution in [0.2, 0.25) is 0 Å². The van der Waals surface area contributed by atoms with Gasteiger partial charge >= 0.3 is 6.09 Å². The summed E-state index contributed by atoms with van der Waals surface area (Å²) in [6.45, 7) is 9.34. The second-order valence-corrected chi connectivity index (χ2v) is 4.18. The van der Waals surface area contributed by atoms with Gasteiger partial charge in [-0.3, -0.25) is 0 Å². The van der Waals surface area contributed by atoms with Gasteiger partial charge in [0.2, 0.25) is 0 Å². The fourth-order valence-electron chi connectivity index (χ4n) is 1.85. The van der Waals surface area contributed by atoms with Gasteiger partial charge in [0.25, 0.3) is 0 Å². The van der Waals surface area contributed by atoms with E-state index in [2.05, 4.69) is 13.8 Å². The molecule has 0 aromatic carbocycles. The van der Waals surface area contributed by atoms with Crippen LogP contribution < -0.4 is 0 Å². The zero-order valence-electron chi connectivity index (χ0n) is 11.3. The van der Waals surface area contributed by atoms with E-state index < -0.39 is 0 Å². The number of carbonyl (C=O) groups is 1. The molecule has 3 heteroatoms. The minimum Gasteiger partial charge on any atom is -0.450 e. The predicted octanol–water partition coefficient (Wildman–Crippen LogP) is 3.82. The molecule has 0 aliphatic carbocycles. The van der Waals surface area contributed by atoms with Crippen molar-refractivity contribution >= 4 is 6.09 Å². The van der Waals surface area contributed by atoms with Gasteiger partial charge in [-0.05, 0) is 27.2 Å². The Morgan fingerprint density at radius 3 is 2.38 bits per heavy atom. The zero-order chi connectivity index (χ0) is 12.4. The van der Waals surface area contributed by atoms with E-state index in [-0.39, 0.29) is 6.09 Å². The summed E-state index contributed by atoms with van der Waals surface area (Å²) < 4.78 is 5.03. The first-order chi connectivity index (χ1) is 7.67. The molecule has 3 nitrogen and oxygen atoms in total. The van der Waals surface area contributed by atoms with E-state index >= 15 is 0 Å². The van der Waals surface area contributed by atoms with Gasteiger partial charge in [-0.15, -0.1) is 0 Å². The molecule has 0 saturated carbocycles. The molecule has 0 bridgehead atoms. The molecule has 96 valence electrons. The second-order valence-electron chi connectivity index (χ2n) is 4.18. The van der Waals surface area contributed by atoms with Crippen molar-refractivity contribution in [2.24, 2.45) is 0 Å². The highest BCUT2D eigenvalue weighted by Crippen LogP contribution is 2.11. The van der Waals surface area contributed by atoms with E-state index in [0.29, 0.717) is 12.6 Å². The maximum atomic E-state index is 11.6. The Bertz CT molecular complexity index is 183. The van der Waals surface area contributed by atoms with Crippen molar-refractivity contribution in [2.45, 2.75) is 65.8 Å². The molecule has 0 heterocycles. The van der Waals surface area contributed by atoms with Crippen molar-refractivity contribution in [3.05, 3.63) is 0 Å². The molecule has 16 heavy (non-hydrogen) atoms. The summed E-state index contributed by atoms with van der Waals surface area (Å²) in [5, 5.41) is 0. The molecule has 1 amide bonds. The maximum absolute atomic E-state index is 11.6. The van der Waals surface area contributed by atoms with E-state index in [1.165, 1.54) is 25.7 Å². The number of hydrogen-bond acceptors (Lipinski definition) is 2. The molecule has 0 N–H and O–H groups in total. The Kier molecular flexibility index (Phi) is 9.06. The highest BCUT2D eigenvalue weighted by atomic mass is 16.6. The topological polar surface area (TPSA) is 29.5 Å². The molecular weight excluding hydrogens is 202 g/mol. The van der Waals surface area contributed by atoms with Crippen LogP contribution in [0.15, 0.2) is 0 Å². The summed E-state index contributed by atoms with van der Waals surface area (Å²) in [6.07, 6.45) is 5.91. The SMILES string of the molecule is CCCCCCC(C)N(CC)C(=O)OCC. The molecule has 0 aromatic heterocycles. The van der Waals surface area contributed by atoms with Gasteiger partial charge in [-0.2, -0.15) is 0 Å². The Hall–Kier alpha value is -0.730. The molecule has 0 aliphatic heterocycles. The summed E-state index contributed by atoms with van der Waals surface area (Å²) in [7, 11) is 0. The van der Waals surface area contributed by atoms with Gasteiger partial charge in [0, 0.05) is 12.6 Å². The highest BCUT2D eigenvalue weighted by Gasteiger charge is 2.18. The first-order valence-electron chi connectivity index (χ1n) is 6.60. The Morgan fingerprint density at radius 1 is 1.19 bits per heavy atom.